The quantitative estimate of drug-likeness (QED) is 0.463. The highest BCUT2D eigenvalue weighted by molar-refractivity contribution is 7.22. The predicted molar refractivity (Wildman–Crippen MR) is 85.3 cm³/mol. The molecule has 0 fully saturated rings. The van der Waals surface area contributed by atoms with Gasteiger partial charge in [0.25, 0.3) is 0 Å². The zero-order valence-electron chi connectivity index (χ0n) is 9.96. The predicted octanol–water partition coefficient (Wildman–Crippen LogP) is 5.43. The summed E-state index contributed by atoms with van der Waals surface area (Å²) in [6.45, 7) is 3.91. The van der Waals surface area contributed by atoms with Crippen molar-refractivity contribution in [3.63, 3.8) is 0 Å². The van der Waals surface area contributed by atoms with Crippen LogP contribution in [0.1, 0.15) is 15.2 Å². The molecular formula is C15H10OS3. The van der Waals surface area contributed by atoms with Crippen molar-refractivity contribution < 1.29 is 4.79 Å². The second kappa shape index (κ2) is 5.25. The number of carbonyl (C=O) groups is 1. The summed E-state index contributed by atoms with van der Waals surface area (Å²) in [6.07, 6.45) is 0. The Hall–Kier alpha value is -1.49. The van der Waals surface area contributed by atoms with Gasteiger partial charge in [-0.05, 0) is 46.0 Å². The van der Waals surface area contributed by atoms with Crippen molar-refractivity contribution in [1.29, 1.82) is 0 Å². The summed E-state index contributed by atoms with van der Waals surface area (Å²) in [5.74, 6) is 0.0196. The van der Waals surface area contributed by atoms with E-state index < -0.39 is 0 Å². The van der Waals surface area contributed by atoms with Gasteiger partial charge in [-0.2, -0.15) is 11.3 Å². The Kier molecular flexibility index (Phi) is 3.46. The van der Waals surface area contributed by atoms with Crippen molar-refractivity contribution in [2.45, 2.75) is 0 Å². The van der Waals surface area contributed by atoms with Crippen molar-refractivity contribution >= 4 is 45.4 Å². The lowest BCUT2D eigenvalue weighted by Gasteiger charge is -1.99. The van der Waals surface area contributed by atoms with Gasteiger partial charge in [0, 0.05) is 15.3 Å². The van der Waals surface area contributed by atoms with Crippen molar-refractivity contribution in [2.24, 2.45) is 0 Å². The summed E-state index contributed by atoms with van der Waals surface area (Å²) in [6, 6.07) is 9.91. The Bertz CT molecular complexity index is 703. The molecule has 3 aromatic heterocycles. The Morgan fingerprint density at radius 2 is 1.95 bits per heavy atom. The van der Waals surface area contributed by atoms with E-state index in [9.17, 15) is 4.79 Å². The van der Waals surface area contributed by atoms with Gasteiger partial charge in [-0.15, -0.1) is 22.7 Å². The average Bonchev–Trinajstić information content (AvgIpc) is 3.16. The molecule has 4 heteroatoms. The number of thiophene rings is 3. The molecule has 3 aromatic rings. The fraction of sp³-hybridized carbons (Fsp3) is 0. The SMILES string of the molecule is C=C(C(=O)c1ccc(-c2cccs2)s1)c1ccsc1. The van der Waals surface area contributed by atoms with E-state index in [0.717, 1.165) is 15.3 Å². The molecule has 3 heterocycles. The molecule has 0 aliphatic rings. The Morgan fingerprint density at radius 1 is 1.05 bits per heavy atom. The van der Waals surface area contributed by atoms with Crippen LogP contribution >= 0.6 is 34.0 Å². The number of rotatable bonds is 4. The topological polar surface area (TPSA) is 17.1 Å². The average molecular weight is 302 g/mol. The molecule has 0 aliphatic heterocycles. The van der Waals surface area contributed by atoms with Crippen molar-refractivity contribution in [3.05, 3.63) is 63.5 Å². The lowest BCUT2D eigenvalue weighted by Crippen LogP contribution is -1.97. The molecule has 0 amide bonds. The van der Waals surface area contributed by atoms with Crippen LogP contribution in [0.25, 0.3) is 15.3 Å². The Labute approximate surface area is 123 Å². The van der Waals surface area contributed by atoms with Crippen LogP contribution in [-0.2, 0) is 0 Å². The molecular weight excluding hydrogens is 292 g/mol. The molecule has 0 N–H and O–H groups in total. The van der Waals surface area contributed by atoms with E-state index in [4.69, 9.17) is 0 Å². The number of Topliss-reactive ketones (excluding diaryl/α,β-unsaturated/α-hetero) is 1. The van der Waals surface area contributed by atoms with Crippen LogP contribution in [-0.4, -0.2) is 5.78 Å². The van der Waals surface area contributed by atoms with Crippen molar-refractivity contribution in [1.82, 2.24) is 0 Å². The van der Waals surface area contributed by atoms with E-state index in [1.807, 2.05) is 40.4 Å². The van der Waals surface area contributed by atoms with Crippen LogP contribution in [0.15, 0.2) is 53.1 Å². The second-order valence-corrected chi connectivity index (χ2v) is 6.77. The monoisotopic (exact) mass is 302 g/mol. The molecule has 0 radical (unpaired) electrons. The summed E-state index contributed by atoms with van der Waals surface area (Å²) < 4.78 is 0. The molecule has 0 bridgehead atoms. The van der Waals surface area contributed by atoms with Crippen LogP contribution in [0.5, 0.6) is 0 Å². The molecule has 0 spiro atoms. The fourth-order valence-corrected chi connectivity index (χ4v) is 4.21. The number of allylic oxidation sites excluding steroid dienone is 1. The summed E-state index contributed by atoms with van der Waals surface area (Å²) in [5, 5.41) is 5.95. The van der Waals surface area contributed by atoms with E-state index >= 15 is 0 Å². The largest absolute Gasteiger partial charge is 0.288 e. The maximum Gasteiger partial charge on any atom is 0.202 e. The van der Waals surface area contributed by atoms with Gasteiger partial charge in [0.05, 0.1) is 4.88 Å². The highest BCUT2D eigenvalue weighted by atomic mass is 32.1. The van der Waals surface area contributed by atoms with Gasteiger partial charge in [-0.3, -0.25) is 4.79 Å². The normalized spacial score (nSPS) is 10.5. The van der Waals surface area contributed by atoms with Gasteiger partial charge in [0.15, 0.2) is 0 Å². The molecule has 19 heavy (non-hydrogen) atoms. The van der Waals surface area contributed by atoms with Crippen LogP contribution in [0, 0.1) is 0 Å². The number of hydrogen-bond acceptors (Lipinski definition) is 4. The molecule has 0 aliphatic carbocycles. The first kappa shape index (κ1) is 12.5. The Morgan fingerprint density at radius 3 is 2.63 bits per heavy atom. The number of hydrogen-bond donors (Lipinski definition) is 0. The molecule has 0 aromatic carbocycles. The third-order valence-corrected chi connectivity index (χ3v) is 5.57. The van der Waals surface area contributed by atoms with Gasteiger partial charge in [0.2, 0.25) is 5.78 Å². The summed E-state index contributed by atoms with van der Waals surface area (Å²) in [5.41, 5.74) is 1.49. The van der Waals surface area contributed by atoms with Crippen LogP contribution in [0.2, 0.25) is 0 Å². The molecule has 3 rings (SSSR count). The summed E-state index contributed by atoms with van der Waals surface area (Å²) >= 11 is 4.79. The Balaban J connectivity index is 1.87. The zero-order chi connectivity index (χ0) is 13.2. The minimum Gasteiger partial charge on any atom is -0.288 e. The molecule has 0 unspecified atom stereocenters. The maximum absolute atomic E-state index is 12.3. The lowest BCUT2D eigenvalue weighted by atomic mass is 10.1. The first-order chi connectivity index (χ1) is 9.25. The third-order valence-electron chi connectivity index (χ3n) is 2.74. The van der Waals surface area contributed by atoms with Gasteiger partial charge >= 0.3 is 0 Å². The number of ketones is 1. The van der Waals surface area contributed by atoms with Gasteiger partial charge in [0.1, 0.15) is 0 Å². The molecule has 0 atom stereocenters. The smallest absolute Gasteiger partial charge is 0.202 e. The van der Waals surface area contributed by atoms with E-state index in [0.29, 0.717) is 5.57 Å². The molecule has 1 nitrogen and oxygen atoms in total. The van der Waals surface area contributed by atoms with Gasteiger partial charge in [-0.1, -0.05) is 12.6 Å². The first-order valence-corrected chi connectivity index (χ1v) is 8.29. The zero-order valence-corrected chi connectivity index (χ0v) is 12.4. The molecule has 94 valence electrons. The highest BCUT2D eigenvalue weighted by Crippen LogP contribution is 2.33. The van der Waals surface area contributed by atoms with E-state index in [2.05, 4.69) is 12.6 Å². The molecule has 0 saturated carbocycles. The molecule has 0 saturated heterocycles. The summed E-state index contributed by atoms with van der Waals surface area (Å²) in [7, 11) is 0. The number of carbonyl (C=O) groups excluding carboxylic acids is 1. The third kappa shape index (κ3) is 2.47. The highest BCUT2D eigenvalue weighted by Gasteiger charge is 2.15. The first-order valence-electron chi connectivity index (χ1n) is 5.65. The maximum atomic E-state index is 12.3. The van der Waals surface area contributed by atoms with E-state index in [1.54, 1.807) is 22.7 Å². The summed E-state index contributed by atoms with van der Waals surface area (Å²) in [4.78, 5) is 15.4. The van der Waals surface area contributed by atoms with Crippen LogP contribution in [0.3, 0.4) is 0 Å². The van der Waals surface area contributed by atoms with Gasteiger partial charge < -0.3 is 0 Å². The van der Waals surface area contributed by atoms with E-state index in [1.165, 1.54) is 16.2 Å². The van der Waals surface area contributed by atoms with E-state index in [-0.39, 0.29) is 5.78 Å². The second-order valence-electron chi connectivity index (χ2n) is 3.96. The standard InChI is InChI=1S/C15H10OS3/c1-10(11-6-8-17-9-11)15(16)14-5-4-13(19-14)12-3-2-7-18-12/h2-9H,1H2. The van der Waals surface area contributed by atoms with Crippen molar-refractivity contribution in [2.75, 3.05) is 0 Å². The van der Waals surface area contributed by atoms with Gasteiger partial charge in [-0.25, -0.2) is 0 Å². The van der Waals surface area contributed by atoms with Crippen molar-refractivity contribution in [3.8, 4) is 9.75 Å². The van der Waals surface area contributed by atoms with Crippen LogP contribution < -0.4 is 0 Å². The van der Waals surface area contributed by atoms with Crippen LogP contribution in [0.4, 0.5) is 0 Å². The minimum absolute atomic E-state index is 0.0196. The minimum atomic E-state index is 0.0196. The lowest BCUT2D eigenvalue weighted by molar-refractivity contribution is 0.106. The fourth-order valence-electron chi connectivity index (χ4n) is 1.73.